The summed E-state index contributed by atoms with van der Waals surface area (Å²) < 4.78 is 39.2. The monoisotopic (exact) mass is 307 g/mol. The Morgan fingerprint density at radius 1 is 1.10 bits per heavy atom. The molecule has 1 heterocycles. The Hall–Kier alpha value is -1.27. The Labute approximate surface area is 121 Å². The van der Waals surface area contributed by atoms with Gasteiger partial charge in [-0.1, -0.05) is 12.8 Å². The van der Waals surface area contributed by atoms with Crippen LogP contribution in [0.25, 0.3) is 0 Å². The van der Waals surface area contributed by atoms with E-state index in [1.165, 1.54) is 4.90 Å². The molecule has 0 aromatic carbocycles. The number of nitrogens with zero attached hydrogens (tertiary/aromatic N) is 1. The lowest BCUT2D eigenvalue weighted by Gasteiger charge is -2.36. The van der Waals surface area contributed by atoms with Crippen LogP contribution in [-0.4, -0.2) is 40.6 Å². The average Bonchev–Trinajstić information content (AvgIpc) is 2.79. The predicted molar refractivity (Wildman–Crippen MR) is 68.4 cm³/mol. The first-order valence-electron chi connectivity index (χ1n) is 7.33. The molecule has 0 radical (unpaired) electrons. The van der Waals surface area contributed by atoms with Crippen molar-refractivity contribution in [2.24, 2.45) is 17.8 Å². The quantitative estimate of drug-likeness (QED) is 0.853. The number of rotatable bonds is 2. The fourth-order valence-corrected chi connectivity index (χ4v) is 3.61. The second-order valence-corrected chi connectivity index (χ2v) is 6.04. The number of amides is 1. The molecule has 0 aromatic heterocycles. The largest absolute Gasteiger partial charge is 0.481 e. The average molecular weight is 307 g/mol. The van der Waals surface area contributed by atoms with Gasteiger partial charge in [-0.05, 0) is 26.2 Å². The summed E-state index contributed by atoms with van der Waals surface area (Å²) in [5.74, 6) is -4.83. The van der Waals surface area contributed by atoms with Gasteiger partial charge in [0.15, 0.2) is 0 Å². The third-order valence-electron chi connectivity index (χ3n) is 4.86. The van der Waals surface area contributed by atoms with Crippen molar-refractivity contribution in [3.05, 3.63) is 0 Å². The number of carboxylic acids is 1. The Kier molecular flexibility index (Phi) is 4.49. The molecule has 1 aliphatic carbocycles. The van der Waals surface area contributed by atoms with E-state index in [4.69, 9.17) is 5.11 Å². The minimum atomic E-state index is -4.37. The van der Waals surface area contributed by atoms with E-state index >= 15 is 0 Å². The SMILES string of the molecule is CC1C(C(=O)O)CCN1C(=O)C1CCCCC1C(F)(F)F. The van der Waals surface area contributed by atoms with E-state index in [2.05, 4.69) is 0 Å². The molecular formula is C14H20F3NO3. The van der Waals surface area contributed by atoms with Gasteiger partial charge in [-0.3, -0.25) is 9.59 Å². The topological polar surface area (TPSA) is 57.6 Å². The lowest BCUT2D eigenvalue weighted by Crippen LogP contribution is -2.46. The van der Waals surface area contributed by atoms with Crippen molar-refractivity contribution in [3.63, 3.8) is 0 Å². The number of hydrogen-bond donors (Lipinski definition) is 1. The molecule has 0 spiro atoms. The predicted octanol–water partition coefficient (Wildman–Crippen LogP) is 2.68. The molecule has 0 bridgehead atoms. The molecule has 1 amide bonds. The van der Waals surface area contributed by atoms with Gasteiger partial charge in [-0.15, -0.1) is 0 Å². The number of likely N-dealkylation sites (tertiary alicyclic amines) is 1. The van der Waals surface area contributed by atoms with Crippen LogP contribution in [0.4, 0.5) is 13.2 Å². The molecular weight excluding hydrogens is 287 g/mol. The van der Waals surface area contributed by atoms with Gasteiger partial charge in [-0.2, -0.15) is 13.2 Å². The fraction of sp³-hybridized carbons (Fsp3) is 0.857. The van der Waals surface area contributed by atoms with Crippen LogP contribution in [0.5, 0.6) is 0 Å². The maximum absolute atomic E-state index is 13.1. The smallest absolute Gasteiger partial charge is 0.392 e. The van der Waals surface area contributed by atoms with E-state index in [1.54, 1.807) is 6.92 Å². The lowest BCUT2D eigenvalue weighted by molar-refractivity contribution is -0.201. The number of hydrogen-bond acceptors (Lipinski definition) is 2. The highest BCUT2D eigenvalue weighted by Crippen LogP contribution is 2.43. The van der Waals surface area contributed by atoms with Crippen molar-refractivity contribution < 1.29 is 27.9 Å². The van der Waals surface area contributed by atoms with Crippen LogP contribution in [-0.2, 0) is 9.59 Å². The molecule has 7 heteroatoms. The molecule has 4 nitrogen and oxygen atoms in total. The molecule has 1 N–H and O–H groups in total. The second kappa shape index (κ2) is 5.85. The van der Waals surface area contributed by atoms with Crippen LogP contribution in [0, 0.1) is 17.8 Å². The van der Waals surface area contributed by atoms with Gasteiger partial charge >= 0.3 is 12.1 Å². The van der Waals surface area contributed by atoms with E-state index in [1.807, 2.05) is 0 Å². The van der Waals surface area contributed by atoms with Gasteiger partial charge in [0.1, 0.15) is 0 Å². The number of halogens is 3. The second-order valence-electron chi connectivity index (χ2n) is 6.04. The summed E-state index contributed by atoms with van der Waals surface area (Å²) in [7, 11) is 0. The first kappa shape index (κ1) is 16.1. The maximum Gasteiger partial charge on any atom is 0.392 e. The highest BCUT2D eigenvalue weighted by Gasteiger charge is 2.50. The Morgan fingerprint density at radius 3 is 2.24 bits per heavy atom. The van der Waals surface area contributed by atoms with Gasteiger partial charge < -0.3 is 10.0 Å². The number of carboxylic acid groups (broad SMARTS) is 1. The summed E-state index contributed by atoms with van der Waals surface area (Å²) in [5.41, 5.74) is 0. The molecule has 2 fully saturated rings. The van der Waals surface area contributed by atoms with Gasteiger partial charge in [0.25, 0.3) is 0 Å². The van der Waals surface area contributed by atoms with Gasteiger partial charge in [0.05, 0.1) is 11.8 Å². The lowest BCUT2D eigenvalue weighted by atomic mass is 9.78. The highest BCUT2D eigenvalue weighted by atomic mass is 19.4. The molecule has 0 aromatic rings. The van der Waals surface area contributed by atoms with Crippen LogP contribution in [0.15, 0.2) is 0 Å². The Bertz CT molecular complexity index is 424. The van der Waals surface area contributed by atoms with E-state index in [0.717, 1.165) is 0 Å². The molecule has 4 unspecified atom stereocenters. The van der Waals surface area contributed by atoms with Crippen molar-refractivity contribution in [1.29, 1.82) is 0 Å². The van der Waals surface area contributed by atoms with Crippen molar-refractivity contribution >= 4 is 11.9 Å². The van der Waals surface area contributed by atoms with Crippen LogP contribution in [0.2, 0.25) is 0 Å². The molecule has 2 rings (SSSR count). The molecule has 2 aliphatic rings. The van der Waals surface area contributed by atoms with Crippen LogP contribution in [0.1, 0.15) is 39.0 Å². The summed E-state index contributed by atoms with van der Waals surface area (Å²) in [6.07, 6.45) is -2.72. The third kappa shape index (κ3) is 3.16. The third-order valence-corrected chi connectivity index (χ3v) is 4.86. The number of carbonyl (C=O) groups is 2. The first-order chi connectivity index (χ1) is 9.73. The number of carbonyl (C=O) groups excluding carboxylic acids is 1. The molecule has 21 heavy (non-hydrogen) atoms. The van der Waals surface area contributed by atoms with Gasteiger partial charge in [0.2, 0.25) is 5.91 Å². The van der Waals surface area contributed by atoms with Gasteiger partial charge in [0, 0.05) is 18.5 Å². The Balaban J connectivity index is 2.13. The minimum Gasteiger partial charge on any atom is -0.481 e. The van der Waals surface area contributed by atoms with E-state index < -0.39 is 41.8 Å². The zero-order valence-electron chi connectivity index (χ0n) is 11.9. The van der Waals surface area contributed by atoms with Crippen LogP contribution in [0.3, 0.4) is 0 Å². The molecule has 1 saturated carbocycles. The van der Waals surface area contributed by atoms with Crippen molar-refractivity contribution in [2.45, 2.75) is 51.2 Å². The Morgan fingerprint density at radius 2 is 1.71 bits per heavy atom. The van der Waals surface area contributed by atoms with Crippen molar-refractivity contribution in [2.75, 3.05) is 6.54 Å². The summed E-state index contributed by atoms with van der Waals surface area (Å²) in [4.78, 5) is 24.9. The first-order valence-corrected chi connectivity index (χ1v) is 7.33. The zero-order chi connectivity index (χ0) is 15.8. The maximum atomic E-state index is 13.1. The summed E-state index contributed by atoms with van der Waals surface area (Å²) in [5, 5.41) is 9.06. The summed E-state index contributed by atoms with van der Waals surface area (Å²) in [6, 6.07) is -0.536. The van der Waals surface area contributed by atoms with E-state index in [-0.39, 0.29) is 19.4 Å². The van der Waals surface area contributed by atoms with Crippen LogP contribution >= 0.6 is 0 Å². The van der Waals surface area contributed by atoms with Crippen molar-refractivity contribution in [3.8, 4) is 0 Å². The molecule has 120 valence electrons. The number of alkyl halides is 3. The van der Waals surface area contributed by atoms with E-state index in [9.17, 15) is 22.8 Å². The standard InChI is InChI=1S/C14H20F3NO3/c1-8-9(13(20)21)6-7-18(8)12(19)10-4-2-3-5-11(10)14(15,16)17/h8-11H,2-7H2,1H3,(H,20,21). The zero-order valence-corrected chi connectivity index (χ0v) is 11.9. The number of aliphatic carboxylic acids is 1. The fourth-order valence-electron chi connectivity index (χ4n) is 3.61. The highest BCUT2D eigenvalue weighted by molar-refractivity contribution is 5.81. The van der Waals surface area contributed by atoms with E-state index in [0.29, 0.717) is 19.3 Å². The molecule has 1 aliphatic heterocycles. The minimum absolute atomic E-state index is 0.00944. The molecule has 4 atom stereocenters. The molecule has 1 saturated heterocycles. The summed E-state index contributed by atoms with van der Waals surface area (Å²) >= 11 is 0. The van der Waals surface area contributed by atoms with Crippen LogP contribution < -0.4 is 0 Å². The van der Waals surface area contributed by atoms with Gasteiger partial charge in [-0.25, -0.2) is 0 Å². The summed E-state index contributed by atoms with van der Waals surface area (Å²) in [6.45, 7) is 1.84. The normalized spacial score (nSPS) is 34.0. The van der Waals surface area contributed by atoms with Crippen molar-refractivity contribution in [1.82, 2.24) is 4.90 Å².